The number of hydrogen-bond donors (Lipinski definition) is 0. The molecule has 0 N–H and O–H groups in total. The molecule has 11 aromatic carbocycles. The summed E-state index contributed by atoms with van der Waals surface area (Å²) in [6.45, 7) is 14.6. The molecule has 0 atom stereocenters. The van der Waals surface area contributed by atoms with Gasteiger partial charge in [0.1, 0.15) is 22.3 Å². The molecule has 0 fully saturated rings. The molecule has 3 nitrogen and oxygen atoms in total. The summed E-state index contributed by atoms with van der Waals surface area (Å²) in [5.74, 6) is 0. The largest absolute Gasteiger partial charge is 0.455 e. The summed E-state index contributed by atoms with van der Waals surface area (Å²) in [6, 6.07) is 82.6. The van der Waals surface area contributed by atoms with E-state index in [1.807, 2.05) is 0 Å². The SMILES string of the molecule is CC1(C)c2cc(N(c3ccc4c(c3)C(C)(C)c3c5c(c6oc7ccccc7c6c3-4)-c3ccccc3C5(C)C)c3ccccc3-c3ccccc3)ccc2-c2c1cc(-c1cccc(-c3ccccc3)c1)c1oc3ccccc3c21. The molecule has 0 radical (unpaired) electrons. The summed E-state index contributed by atoms with van der Waals surface area (Å²) in [7, 11) is 0. The maximum absolute atomic E-state index is 7.04. The normalized spacial score (nSPS) is 14.8. The van der Waals surface area contributed by atoms with Crippen LogP contribution >= 0.6 is 0 Å². The molecule has 78 heavy (non-hydrogen) atoms. The summed E-state index contributed by atoms with van der Waals surface area (Å²) in [5.41, 5.74) is 28.7. The zero-order chi connectivity index (χ0) is 52.4. The van der Waals surface area contributed by atoms with Crippen LogP contribution in [0.2, 0.25) is 0 Å². The Morgan fingerprint density at radius 1 is 0.308 bits per heavy atom. The summed E-state index contributed by atoms with van der Waals surface area (Å²) in [4.78, 5) is 2.53. The standard InChI is InChI=1S/C75H55NO2/c1-73(2)58-41-48(36-38-52(58)64-60(73)43-56(71-66(64)54-30-15-19-34-62(54)77-71)47-27-21-26-46(40-47)44-22-9-7-10-23-44)76(61-33-18-14-28-50(61)45-24-11-8-12-25-45)49-37-39-53-59(42-49)75(5,6)69-65(53)67-55-31-16-20-35-63(55)78-72(67)68-51-29-13-17-32-57(51)74(3,4)70(68)69/h7-43H,1-6H3. The first-order valence-electron chi connectivity index (χ1n) is 27.5. The van der Waals surface area contributed by atoms with Gasteiger partial charge in [-0.25, -0.2) is 0 Å². The maximum Gasteiger partial charge on any atom is 0.144 e. The van der Waals surface area contributed by atoms with Crippen LogP contribution < -0.4 is 4.90 Å². The fourth-order valence-corrected chi connectivity index (χ4v) is 14.5. The minimum atomic E-state index is -0.366. The lowest BCUT2D eigenvalue weighted by Gasteiger charge is -2.32. The molecule has 3 aliphatic carbocycles. The van der Waals surface area contributed by atoms with Crippen LogP contribution in [-0.2, 0) is 16.2 Å². The maximum atomic E-state index is 7.04. The molecular weight excluding hydrogens is 947 g/mol. The Bertz CT molecular complexity index is 4700. The van der Waals surface area contributed by atoms with Gasteiger partial charge in [-0.15, -0.1) is 0 Å². The quantitative estimate of drug-likeness (QED) is 0.166. The summed E-state index contributed by atoms with van der Waals surface area (Å²) in [5, 5.41) is 4.68. The number of fused-ring (bicyclic) bond motifs is 19. The predicted octanol–water partition coefficient (Wildman–Crippen LogP) is 20.9. The summed E-state index contributed by atoms with van der Waals surface area (Å²) < 4.78 is 14.0. The first kappa shape index (κ1) is 45.1. The Morgan fingerprint density at radius 2 is 0.808 bits per heavy atom. The number of hydrogen-bond acceptors (Lipinski definition) is 3. The van der Waals surface area contributed by atoms with Crippen LogP contribution in [0.3, 0.4) is 0 Å². The van der Waals surface area contributed by atoms with Crippen molar-refractivity contribution in [2.24, 2.45) is 0 Å². The fraction of sp³-hybridized carbons (Fsp3) is 0.120. The molecular formula is C75H55NO2. The van der Waals surface area contributed by atoms with Gasteiger partial charge in [-0.1, -0.05) is 211 Å². The van der Waals surface area contributed by atoms with Crippen molar-refractivity contribution < 1.29 is 8.83 Å². The molecule has 2 heterocycles. The van der Waals surface area contributed by atoms with Crippen molar-refractivity contribution in [2.45, 2.75) is 57.8 Å². The van der Waals surface area contributed by atoms with E-state index in [0.29, 0.717) is 0 Å². The number of rotatable bonds is 6. The van der Waals surface area contributed by atoms with Gasteiger partial charge in [-0.2, -0.15) is 0 Å². The third-order valence-corrected chi connectivity index (χ3v) is 18.2. The van der Waals surface area contributed by atoms with Crippen molar-refractivity contribution >= 4 is 60.9 Å². The molecule has 3 heteroatoms. The lowest BCUT2D eigenvalue weighted by atomic mass is 9.72. The second-order valence-electron chi connectivity index (χ2n) is 23.5. The Kier molecular flexibility index (Phi) is 9.21. The molecule has 16 rings (SSSR count). The van der Waals surface area contributed by atoms with Crippen LogP contribution in [0.1, 0.15) is 74.9 Å². The molecule has 0 bridgehead atoms. The minimum Gasteiger partial charge on any atom is -0.455 e. The van der Waals surface area contributed by atoms with E-state index in [9.17, 15) is 0 Å². The molecule has 0 saturated carbocycles. The van der Waals surface area contributed by atoms with E-state index >= 15 is 0 Å². The fourth-order valence-electron chi connectivity index (χ4n) is 14.5. The highest BCUT2D eigenvalue weighted by Gasteiger charge is 2.49. The number of anilines is 3. The average Bonchev–Trinajstić information content (AvgIpc) is 4.40. The van der Waals surface area contributed by atoms with Gasteiger partial charge in [0.05, 0.1) is 5.69 Å². The van der Waals surface area contributed by atoms with Gasteiger partial charge in [0.2, 0.25) is 0 Å². The van der Waals surface area contributed by atoms with Crippen molar-refractivity contribution in [1.82, 2.24) is 0 Å². The second kappa shape index (κ2) is 15.9. The Hall–Kier alpha value is -9.18. The Labute approximate surface area is 454 Å². The van der Waals surface area contributed by atoms with Gasteiger partial charge >= 0.3 is 0 Å². The number of furan rings is 2. The lowest BCUT2D eigenvalue weighted by molar-refractivity contribution is 0.600. The van der Waals surface area contributed by atoms with Crippen molar-refractivity contribution in [1.29, 1.82) is 0 Å². The topological polar surface area (TPSA) is 29.5 Å². The summed E-state index contributed by atoms with van der Waals surface area (Å²) in [6.07, 6.45) is 0. The van der Waals surface area contributed by atoms with E-state index in [-0.39, 0.29) is 16.2 Å². The molecule has 0 spiro atoms. The van der Waals surface area contributed by atoms with Crippen LogP contribution in [0.15, 0.2) is 233 Å². The molecule has 13 aromatic rings. The van der Waals surface area contributed by atoms with Gasteiger partial charge in [-0.05, 0) is 138 Å². The highest BCUT2D eigenvalue weighted by atomic mass is 16.3. The molecule has 0 amide bonds. The highest BCUT2D eigenvalue weighted by molar-refractivity contribution is 6.22. The lowest BCUT2D eigenvalue weighted by Crippen LogP contribution is -2.24. The zero-order valence-electron chi connectivity index (χ0n) is 44.6. The van der Waals surface area contributed by atoms with Crippen LogP contribution in [0.5, 0.6) is 0 Å². The van der Waals surface area contributed by atoms with Gasteiger partial charge in [-0.3, -0.25) is 0 Å². The first-order chi connectivity index (χ1) is 38.0. The monoisotopic (exact) mass is 1000 g/mol. The zero-order valence-corrected chi connectivity index (χ0v) is 44.6. The van der Waals surface area contributed by atoms with Crippen molar-refractivity contribution in [2.75, 3.05) is 4.90 Å². The Morgan fingerprint density at radius 3 is 1.51 bits per heavy atom. The molecule has 372 valence electrons. The van der Waals surface area contributed by atoms with Crippen LogP contribution in [0.25, 0.3) is 111 Å². The number of para-hydroxylation sites is 3. The van der Waals surface area contributed by atoms with Crippen molar-refractivity contribution in [3.05, 3.63) is 258 Å². The molecule has 3 aliphatic rings. The summed E-state index contributed by atoms with van der Waals surface area (Å²) >= 11 is 0. The second-order valence-corrected chi connectivity index (χ2v) is 23.5. The highest BCUT2D eigenvalue weighted by Crippen LogP contribution is 2.64. The third-order valence-electron chi connectivity index (χ3n) is 18.2. The van der Waals surface area contributed by atoms with E-state index in [2.05, 4.69) is 271 Å². The average molecular weight is 1000 g/mol. The van der Waals surface area contributed by atoms with Gasteiger partial charge < -0.3 is 13.7 Å². The van der Waals surface area contributed by atoms with Crippen molar-refractivity contribution in [3.63, 3.8) is 0 Å². The van der Waals surface area contributed by atoms with Crippen LogP contribution in [0.4, 0.5) is 17.1 Å². The predicted molar refractivity (Wildman–Crippen MR) is 325 cm³/mol. The molecule has 0 saturated heterocycles. The van der Waals surface area contributed by atoms with E-state index in [4.69, 9.17) is 8.83 Å². The number of nitrogens with zero attached hydrogens (tertiary/aromatic N) is 1. The van der Waals surface area contributed by atoms with E-state index in [1.54, 1.807) is 0 Å². The van der Waals surface area contributed by atoms with Gasteiger partial charge in [0.15, 0.2) is 0 Å². The van der Waals surface area contributed by atoms with E-state index in [1.165, 1.54) is 99.8 Å². The van der Waals surface area contributed by atoms with Gasteiger partial charge in [0, 0.05) is 65.9 Å². The molecule has 0 unspecified atom stereocenters. The van der Waals surface area contributed by atoms with E-state index < -0.39 is 0 Å². The molecule has 2 aromatic heterocycles. The molecule has 0 aliphatic heterocycles. The van der Waals surface area contributed by atoms with Crippen molar-refractivity contribution in [3.8, 4) is 66.8 Å². The van der Waals surface area contributed by atoms with Crippen LogP contribution in [0, 0.1) is 0 Å². The minimum absolute atomic E-state index is 0.248. The smallest absolute Gasteiger partial charge is 0.144 e. The van der Waals surface area contributed by atoms with Crippen LogP contribution in [-0.4, -0.2) is 0 Å². The third kappa shape index (κ3) is 6.05. The first-order valence-corrected chi connectivity index (χ1v) is 27.5. The van der Waals surface area contributed by atoms with E-state index in [0.717, 1.165) is 61.3 Å². The Balaban J connectivity index is 0.919. The number of benzene rings is 11. The van der Waals surface area contributed by atoms with Gasteiger partial charge in [0.25, 0.3) is 0 Å².